The average molecular weight is 516 g/mol. The fourth-order valence-corrected chi connectivity index (χ4v) is 5.47. The van der Waals surface area contributed by atoms with Crippen molar-refractivity contribution < 1.29 is 22.7 Å². The van der Waals surface area contributed by atoms with Crippen molar-refractivity contribution in [3.8, 4) is 5.75 Å². The molecule has 0 radical (unpaired) electrons. The van der Waals surface area contributed by atoms with Gasteiger partial charge in [0.2, 0.25) is 21.8 Å². The number of rotatable bonds is 11. The van der Waals surface area contributed by atoms with Crippen LogP contribution in [0.15, 0.2) is 48.5 Å². The van der Waals surface area contributed by atoms with Crippen molar-refractivity contribution in [2.24, 2.45) is 0 Å². The molecule has 1 fully saturated rings. The van der Waals surface area contributed by atoms with Gasteiger partial charge in [0.1, 0.15) is 18.3 Å². The normalized spacial score (nSPS) is 14.8. The largest absolute Gasteiger partial charge is 0.497 e. The van der Waals surface area contributed by atoms with Gasteiger partial charge in [-0.25, -0.2) is 8.42 Å². The summed E-state index contributed by atoms with van der Waals surface area (Å²) in [6.45, 7) is 3.62. The number of nitrogens with zero attached hydrogens (tertiary/aromatic N) is 2. The molecule has 1 aliphatic carbocycles. The first-order chi connectivity index (χ1) is 17.1. The number of aryl methyl sites for hydroxylation is 1. The molecule has 196 valence electrons. The SMILES string of the molecule is CCC(C(=O)NC1CCCC1)N(Cc1ccccc1C)C(=O)CN(c1ccc(OC)cc1)S(C)(=O)=O. The minimum atomic E-state index is -3.77. The second kappa shape index (κ2) is 12.3. The molecular weight excluding hydrogens is 478 g/mol. The van der Waals surface area contributed by atoms with Gasteiger partial charge in [0.15, 0.2) is 0 Å². The van der Waals surface area contributed by atoms with Crippen LogP contribution < -0.4 is 14.4 Å². The van der Waals surface area contributed by atoms with Crippen LogP contribution in [0.3, 0.4) is 0 Å². The van der Waals surface area contributed by atoms with Gasteiger partial charge in [-0.3, -0.25) is 13.9 Å². The Balaban J connectivity index is 1.92. The second-order valence-corrected chi connectivity index (χ2v) is 11.2. The molecule has 3 rings (SSSR count). The zero-order valence-corrected chi connectivity index (χ0v) is 22.4. The predicted molar refractivity (Wildman–Crippen MR) is 141 cm³/mol. The monoisotopic (exact) mass is 515 g/mol. The van der Waals surface area contributed by atoms with E-state index in [1.807, 2.05) is 38.1 Å². The molecule has 0 aromatic heterocycles. The third kappa shape index (κ3) is 7.00. The highest BCUT2D eigenvalue weighted by molar-refractivity contribution is 7.92. The van der Waals surface area contributed by atoms with Crippen molar-refractivity contribution in [1.82, 2.24) is 10.2 Å². The Hall–Kier alpha value is -3.07. The van der Waals surface area contributed by atoms with Gasteiger partial charge < -0.3 is 15.0 Å². The molecule has 36 heavy (non-hydrogen) atoms. The maximum atomic E-state index is 13.8. The van der Waals surface area contributed by atoms with E-state index in [9.17, 15) is 18.0 Å². The lowest BCUT2D eigenvalue weighted by molar-refractivity contribution is -0.140. The first kappa shape index (κ1) is 27.5. The molecule has 2 aromatic carbocycles. The number of sulfonamides is 1. The molecule has 2 amide bonds. The van der Waals surface area contributed by atoms with E-state index < -0.39 is 28.5 Å². The molecule has 1 aliphatic rings. The highest BCUT2D eigenvalue weighted by atomic mass is 32.2. The smallest absolute Gasteiger partial charge is 0.244 e. The number of hydrogen-bond acceptors (Lipinski definition) is 5. The summed E-state index contributed by atoms with van der Waals surface area (Å²) in [5.74, 6) is -0.0519. The molecular formula is C27H37N3O5S. The molecule has 9 heteroatoms. The van der Waals surface area contributed by atoms with Crippen molar-refractivity contribution >= 4 is 27.5 Å². The number of benzene rings is 2. The van der Waals surface area contributed by atoms with Crippen LogP contribution >= 0.6 is 0 Å². The number of amides is 2. The summed E-state index contributed by atoms with van der Waals surface area (Å²) < 4.78 is 31.7. The van der Waals surface area contributed by atoms with E-state index in [-0.39, 0.29) is 18.5 Å². The van der Waals surface area contributed by atoms with Crippen LogP contribution in [0.4, 0.5) is 5.69 Å². The van der Waals surface area contributed by atoms with Gasteiger partial charge in [0.05, 0.1) is 19.1 Å². The van der Waals surface area contributed by atoms with Crippen molar-refractivity contribution in [2.75, 3.05) is 24.2 Å². The number of methoxy groups -OCH3 is 1. The van der Waals surface area contributed by atoms with Crippen molar-refractivity contribution in [3.05, 3.63) is 59.7 Å². The molecule has 1 unspecified atom stereocenters. The van der Waals surface area contributed by atoms with Crippen LogP contribution in [0.5, 0.6) is 5.75 Å². The van der Waals surface area contributed by atoms with E-state index in [1.165, 1.54) is 12.0 Å². The summed E-state index contributed by atoms with van der Waals surface area (Å²) in [7, 11) is -2.25. The lowest BCUT2D eigenvalue weighted by atomic mass is 10.1. The number of nitrogens with one attached hydrogen (secondary N) is 1. The van der Waals surface area contributed by atoms with Gasteiger partial charge in [-0.15, -0.1) is 0 Å². The zero-order chi connectivity index (χ0) is 26.3. The topological polar surface area (TPSA) is 96.0 Å². The Labute approximate surface area is 214 Å². The fraction of sp³-hybridized carbons (Fsp3) is 0.481. The minimum absolute atomic E-state index is 0.119. The van der Waals surface area contributed by atoms with E-state index in [1.54, 1.807) is 24.3 Å². The average Bonchev–Trinajstić information content (AvgIpc) is 3.36. The lowest BCUT2D eigenvalue weighted by Gasteiger charge is -2.33. The molecule has 0 saturated heterocycles. The maximum absolute atomic E-state index is 13.8. The van der Waals surface area contributed by atoms with E-state index in [0.717, 1.165) is 47.4 Å². The van der Waals surface area contributed by atoms with Gasteiger partial charge >= 0.3 is 0 Å². The van der Waals surface area contributed by atoms with Crippen LogP contribution in [-0.4, -0.2) is 57.1 Å². The molecule has 1 saturated carbocycles. The van der Waals surface area contributed by atoms with Crippen molar-refractivity contribution in [3.63, 3.8) is 0 Å². The Bertz CT molecular complexity index is 1140. The number of hydrogen-bond donors (Lipinski definition) is 1. The van der Waals surface area contributed by atoms with E-state index in [4.69, 9.17) is 4.74 Å². The molecule has 0 spiro atoms. The maximum Gasteiger partial charge on any atom is 0.244 e. The number of carbonyl (C=O) groups excluding carboxylic acids is 2. The highest BCUT2D eigenvalue weighted by Gasteiger charge is 2.33. The summed E-state index contributed by atoms with van der Waals surface area (Å²) in [6.07, 6.45) is 5.52. The Morgan fingerprint density at radius 3 is 2.28 bits per heavy atom. The first-order valence-corrected chi connectivity index (χ1v) is 14.2. The first-order valence-electron chi connectivity index (χ1n) is 12.4. The van der Waals surface area contributed by atoms with E-state index in [0.29, 0.717) is 17.9 Å². The molecule has 2 aromatic rings. The standard InChI is InChI=1S/C27H37N3O5S/c1-5-25(27(32)28-22-12-8-9-13-22)29(18-21-11-7-6-10-20(21)2)26(31)19-30(36(4,33)34)23-14-16-24(35-3)17-15-23/h6-7,10-11,14-17,22,25H,5,8-9,12-13,18-19H2,1-4H3,(H,28,32). The van der Waals surface area contributed by atoms with Crippen molar-refractivity contribution in [1.29, 1.82) is 0 Å². The number of anilines is 1. The Morgan fingerprint density at radius 2 is 1.72 bits per heavy atom. The summed E-state index contributed by atoms with van der Waals surface area (Å²) in [5, 5.41) is 3.11. The van der Waals surface area contributed by atoms with Gasteiger partial charge in [0.25, 0.3) is 0 Å². The van der Waals surface area contributed by atoms with Crippen LogP contribution in [-0.2, 0) is 26.2 Å². The molecule has 1 atom stereocenters. The summed E-state index contributed by atoms with van der Waals surface area (Å²) >= 11 is 0. The predicted octanol–water partition coefficient (Wildman–Crippen LogP) is 3.64. The Kier molecular flexibility index (Phi) is 9.37. The third-order valence-electron chi connectivity index (χ3n) is 6.73. The van der Waals surface area contributed by atoms with Crippen LogP contribution in [0.1, 0.15) is 50.2 Å². The van der Waals surface area contributed by atoms with Crippen LogP contribution in [0.2, 0.25) is 0 Å². The van der Waals surface area contributed by atoms with E-state index in [2.05, 4.69) is 5.32 Å². The Morgan fingerprint density at radius 1 is 1.08 bits per heavy atom. The lowest BCUT2D eigenvalue weighted by Crippen LogP contribution is -2.53. The molecule has 8 nitrogen and oxygen atoms in total. The second-order valence-electron chi connectivity index (χ2n) is 9.33. The van der Waals surface area contributed by atoms with Gasteiger partial charge in [-0.2, -0.15) is 0 Å². The molecule has 1 N–H and O–H groups in total. The highest BCUT2D eigenvalue weighted by Crippen LogP contribution is 2.24. The minimum Gasteiger partial charge on any atom is -0.497 e. The zero-order valence-electron chi connectivity index (χ0n) is 21.6. The van der Waals surface area contributed by atoms with Crippen LogP contribution in [0, 0.1) is 6.92 Å². The van der Waals surface area contributed by atoms with Crippen LogP contribution in [0.25, 0.3) is 0 Å². The van der Waals surface area contributed by atoms with Gasteiger partial charge in [-0.05, 0) is 61.6 Å². The third-order valence-corrected chi connectivity index (χ3v) is 7.87. The van der Waals surface area contributed by atoms with Crippen molar-refractivity contribution in [2.45, 2.75) is 64.6 Å². The number of carbonyl (C=O) groups is 2. The molecule has 0 aliphatic heterocycles. The summed E-state index contributed by atoms with van der Waals surface area (Å²) in [6, 6.07) is 13.6. The molecule has 0 heterocycles. The van der Waals surface area contributed by atoms with E-state index >= 15 is 0 Å². The van der Waals surface area contributed by atoms with Gasteiger partial charge in [-0.1, -0.05) is 44.0 Å². The fourth-order valence-electron chi connectivity index (χ4n) is 4.62. The number of ether oxygens (including phenoxy) is 1. The quantitative estimate of drug-likeness (QED) is 0.493. The van der Waals surface area contributed by atoms with Gasteiger partial charge in [0, 0.05) is 12.6 Å². The summed E-state index contributed by atoms with van der Waals surface area (Å²) in [5.41, 5.74) is 2.26. The molecule has 0 bridgehead atoms. The summed E-state index contributed by atoms with van der Waals surface area (Å²) in [4.78, 5) is 28.6.